The van der Waals surface area contributed by atoms with E-state index in [-0.39, 0.29) is 0 Å². The Morgan fingerprint density at radius 1 is 1.29 bits per heavy atom. The summed E-state index contributed by atoms with van der Waals surface area (Å²) in [5.74, 6) is 1.04. The average molecular weight is 238 g/mol. The van der Waals surface area contributed by atoms with Gasteiger partial charge >= 0.3 is 0 Å². The molecule has 0 bridgehead atoms. The zero-order chi connectivity index (χ0) is 12.5. The Kier molecular flexibility index (Phi) is 6.97. The lowest BCUT2D eigenvalue weighted by molar-refractivity contribution is 0.250. The molecule has 0 aliphatic rings. The van der Waals surface area contributed by atoms with Gasteiger partial charge in [-0.3, -0.25) is 4.90 Å². The summed E-state index contributed by atoms with van der Waals surface area (Å²) in [4.78, 5) is 2.19. The predicted molar refractivity (Wildman–Crippen MR) is 72.1 cm³/mol. The van der Waals surface area contributed by atoms with Crippen LogP contribution in [0.1, 0.15) is 44.4 Å². The van der Waals surface area contributed by atoms with Gasteiger partial charge in [0.25, 0.3) is 0 Å². The van der Waals surface area contributed by atoms with E-state index in [2.05, 4.69) is 31.2 Å². The van der Waals surface area contributed by atoms with Crippen LogP contribution in [-0.4, -0.2) is 32.1 Å². The van der Waals surface area contributed by atoms with Crippen molar-refractivity contribution >= 4 is 0 Å². The Labute approximate surface area is 105 Å². The monoisotopic (exact) mass is 238 g/mol. The van der Waals surface area contributed by atoms with Gasteiger partial charge in [-0.05, 0) is 39.2 Å². The summed E-state index contributed by atoms with van der Waals surface area (Å²) >= 11 is 0. The summed E-state index contributed by atoms with van der Waals surface area (Å²) in [7, 11) is 4.18. The zero-order valence-corrected chi connectivity index (χ0v) is 11.4. The lowest BCUT2D eigenvalue weighted by Crippen LogP contribution is -2.31. The van der Waals surface area contributed by atoms with Crippen LogP contribution in [-0.2, 0) is 0 Å². The molecule has 0 fully saturated rings. The highest BCUT2D eigenvalue weighted by atomic mass is 16.3. The molecule has 0 spiro atoms. The zero-order valence-electron chi connectivity index (χ0n) is 11.4. The van der Waals surface area contributed by atoms with Crippen molar-refractivity contribution in [3.05, 3.63) is 24.2 Å². The molecule has 0 saturated heterocycles. The van der Waals surface area contributed by atoms with Crippen molar-refractivity contribution in [3.63, 3.8) is 0 Å². The second kappa shape index (κ2) is 8.31. The Morgan fingerprint density at radius 3 is 2.71 bits per heavy atom. The van der Waals surface area contributed by atoms with Crippen molar-refractivity contribution in [1.82, 2.24) is 10.2 Å². The average Bonchev–Trinajstić information content (AvgIpc) is 2.81. The second-order valence-electron chi connectivity index (χ2n) is 4.76. The molecule has 0 aliphatic heterocycles. The normalized spacial score (nSPS) is 13.2. The highest BCUT2D eigenvalue weighted by Gasteiger charge is 2.15. The van der Waals surface area contributed by atoms with Crippen molar-refractivity contribution in [2.24, 2.45) is 0 Å². The Hall–Kier alpha value is -0.800. The minimum Gasteiger partial charge on any atom is -0.468 e. The number of likely N-dealkylation sites (N-methyl/N-ethyl adjacent to an activating group) is 1. The van der Waals surface area contributed by atoms with E-state index in [0.29, 0.717) is 6.04 Å². The maximum Gasteiger partial charge on any atom is 0.122 e. The van der Waals surface area contributed by atoms with Gasteiger partial charge in [-0.15, -0.1) is 0 Å². The Balaban J connectivity index is 2.22. The maximum atomic E-state index is 5.47. The summed E-state index contributed by atoms with van der Waals surface area (Å²) in [5.41, 5.74) is 0. The topological polar surface area (TPSA) is 28.4 Å². The third kappa shape index (κ3) is 5.37. The number of nitrogens with zero attached hydrogens (tertiary/aromatic N) is 1. The van der Waals surface area contributed by atoms with Gasteiger partial charge in [0.15, 0.2) is 0 Å². The number of nitrogens with one attached hydrogen (secondary N) is 1. The highest BCUT2D eigenvalue weighted by Crippen LogP contribution is 2.17. The van der Waals surface area contributed by atoms with Crippen LogP contribution < -0.4 is 5.32 Å². The van der Waals surface area contributed by atoms with Gasteiger partial charge in [-0.1, -0.05) is 26.2 Å². The van der Waals surface area contributed by atoms with Gasteiger partial charge in [0.2, 0.25) is 0 Å². The molecule has 1 aromatic heterocycles. The minimum atomic E-state index is 0.330. The number of unbranched alkanes of at least 4 members (excludes halogenated alkanes) is 3. The van der Waals surface area contributed by atoms with Gasteiger partial charge in [0.1, 0.15) is 5.76 Å². The molecule has 0 aliphatic carbocycles. The summed E-state index contributed by atoms with van der Waals surface area (Å²) < 4.78 is 5.47. The second-order valence-corrected chi connectivity index (χ2v) is 4.76. The van der Waals surface area contributed by atoms with Crippen LogP contribution in [0.4, 0.5) is 0 Å². The van der Waals surface area contributed by atoms with Crippen LogP contribution in [0.25, 0.3) is 0 Å². The van der Waals surface area contributed by atoms with Gasteiger partial charge in [-0.25, -0.2) is 0 Å². The van der Waals surface area contributed by atoms with Crippen molar-refractivity contribution < 1.29 is 4.42 Å². The van der Waals surface area contributed by atoms with Gasteiger partial charge in [0, 0.05) is 6.54 Å². The van der Waals surface area contributed by atoms with Crippen LogP contribution >= 0.6 is 0 Å². The van der Waals surface area contributed by atoms with E-state index in [0.717, 1.165) is 18.8 Å². The van der Waals surface area contributed by atoms with Crippen LogP contribution in [0.2, 0.25) is 0 Å². The molecule has 0 saturated carbocycles. The van der Waals surface area contributed by atoms with Crippen LogP contribution in [0.3, 0.4) is 0 Å². The molecule has 1 atom stereocenters. The quantitative estimate of drug-likeness (QED) is 0.670. The molecule has 98 valence electrons. The van der Waals surface area contributed by atoms with E-state index in [1.165, 1.54) is 25.7 Å². The first-order valence-electron chi connectivity index (χ1n) is 6.66. The fourth-order valence-corrected chi connectivity index (χ4v) is 1.93. The molecule has 3 nitrogen and oxygen atoms in total. The van der Waals surface area contributed by atoms with Crippen LogP contribution in [0.15, 0.2) is 22.8 Å². The Morgan fingerprint density at radius 2 is 2.12 bits per heavy atom. The molecule has 1 unspecified atom stereocenters. The van der Waals surface area contributed by atoms with Crippen molar-refractivity contribution in [3.8, 4) is 0 Å². The van der Waals surface area contributed by atoms with E-state index < -0.39 is 0 Å². The molecular formula is C14H26N2O. The first-order chi connectivity index (χ1) is 8.25. The predicted octanol–water partition coefficient (Wildman–Crippen LogP) is 3.05. The van der Waals surface area contributed by atoms with Crippen molar-refractivity contribution in [2.75, 3.05) is 27.2 Å². The first-order valence-corrected chi connectivity index (χ1v) is 6.66. The number of hydrogen-bond donors (Lipinski definition) is 1. The Bertz CT molecular complexity index is 270. The highest BCUT2D eigenvalue weighted by molar-refractivity contribution is 5.04. The summed E-state index contributed by atoms with van der Waals surface area (Å²) in [5, 5.41) is 3.51. The standard InChI is InChI=1S/C14H26N2O/c1-4-5-6-7-10-15-12-13(16(2)3)14-9-8-11-17-14/h8-9,11,13,15H,4-7,10,12H2,1-3H3. The molecule has 17 heavy (non-hydrogen) atoms. The fraction of sp³-hybridized carbons (Fsp3) is 0.714. The molecule has 1 N–H and O–H groups in total. The molecule has 1 heterocycles. The summed E-state index contributed by atoms with van der Waals surface area (Å²) in [6.07, 6.45) is 6.99. The van der Waals surface area contributed by atoms with Crippen LogP contribution in [0, 0.1) is 0 Å². The molecule has 0 amide bonds. The summed E-state index contributed by atoms with van der Waals surface area (Å²) in [6.45, 7) is 4.30. The van der Waals surface area contributed by atoms with Gasteiger partial charge in [0.05, 0.1) is 12.3 Å². The molecular weight excluding hydrogens is 212 g/mol. The summed E-state index contributed by atoms with van der Waals surface area (Å²) in [6, 6.07) is 4.33. The lowest BCUT2D eigenvalue weighted by Gasteiger charge is -2.22. The number of hydrogen-bond acceptors (Lipinski definition) is 3. The maximum absolute atomic E-state index is 5.47. The third-order valence-electron chi connectivity index (χ3n) is 3.04. The van der Waals surface area contributed by atoms with Crippen molar-refractivity contribution in [2.45, 2.75) is 38.6 Å². The smallest absolute Gasteiger partial charge is 0.122 e. The third-order valence-corrected chi connectivity index (χ3v) is 3.04. The molecule has 0 radical (unpaired) electrons. The molecule has 0 aromatic carbocycles. The number of furan rings is 1. The van der Waals surface area contributed by atoms with Crippen molar-refractivity contribution in [1.29, 1.82) is 0 Å². The fourth-order valence-electron chi connectivity index (χ4n) is 1.93. The van der Waals surface area contributed by atoms with Gasteiger partial charge in [-0.2, -0.15) is 0 Å². The van der Waals surface area contributed by atoms with E-state index >= 15 is 0 Å². The first kappa shape index (κ1) is 14.3. The molecule has 1 aromatic rings. The van der Waals surface area contributed by atoms with E-state index in [1.54, 1.807) is 6.26 Å². The van der Waals surface area contributed by atoms with E-state index in [1.807, 2.05) is 12.1 Å². The number of rotatable bonds is 9. The van der Waals surface area contributed by atoms with E-state index in [9.17, 15) is 0 Å². The van der Waals surface area contributed by atoms with Crippen LogP contribution in [0.5, 0.6) is 0 Å². The lowest BCUT2D eigenvalue weighted by atomic mass is 10.2. The molecule has 3 heteroatoms. The van der Waals surface area contributed by atoms with E-state index in [4.69, 9.17) is 4.42 Å². The minimum absolute atomic E-state index is 0.330. The SMILES string of the molecule is CCCCCCNCC(c1ccco1)N(C)C. The van der Waals surface area contributed by atoms with Gasteiger partial charge < -0.3 is 9.73 Å². The largest absolute Gasteiger partial charge is 0.468 e. The molecule has 1 rings (SSSR count).